The maximum Gasteiger partial charge on any atom is 0.195 e. The molecule has 0 amide bonds. The molecule has 222 valence electrons. The number of nitrogens with zero attached hydrogens (tertiary/aromatic N) is 4. The zero-order valence-electron chi connectivity index (χ0n) is 25.8. The van der Waals surface area contributed by atoms with Gasteiger partial charge in [0.2, 0.25) is 0 Å². The first-order valence-electron chi connectivity index (χ1n) is 15.9. The second-order valence-electron chi connectivity index (χ2n) is 12.0. The van der Waals surface area contributed by atoms with E-state index in [1.165, 1.54) is 10.8 Å². The first-order valence-corrected chi connectivity index (χ1v) is 15.9. The van der Waals surface area contributed by atoms with Crippen LogP contribution in [0.4, 0.5) is 5.69 Å². The fraction of sp³-hybridized carbons (Fsp3) is 0. The van der Waals surface area contributed by atoms with Gasteiger partial charge in [-0.05, 0) is 89.0 Å². The molecular weight excluding hydrogens is 585 g/mol. The van der Waals surface area contributed by atoms with Crippen molar-refractivity contribution in [2.75, 3.05) is 0 Å². The summed E-state index contributed by atoms with van der Waals surface area (Å²) in [5.41, 5.74) is 11.4. The third-order valence-corrected chi connectivity index (χ3v) is 9.34. The first-order chi connectivity index (χ1) is 23.7. The van der Waals surface area contributed by atoms with Crippen molar-refractivity contribution >= 4 is 49.3 Å². The van der Waals surface area contributed by atoms with Crippen molar-refractivity contribution in [3.63, 3.8) is 0 Å². The van der Waals surface area contributed by atoms with Crippen molar-refractivity contribution in [3.8, 4) is 39.7 Å². The van der Waals surface area contributed by atoms with Crippen LogP contribution in [0, 0.1) is 17.9 Å². The van der Waals surface area contributed by atoms with Crippen molar-refractivity contribution in [3.05, 3.63) is 175 Å². The minimum atomic E-state index is 0.513. The van der Waals surface area contributed by atoms with Gasteiger partial charge < -0.3 is 9.13 Å². The van der Waals surface area contributed by atoms with Gasteiger partial charge in [0.25, 0.3) is 0 Å². The maximum absolute atomic E-state index is 9.90. The highest BCUT2D eigenvalue weighted by Crippen LogP contribution is 2.44. The van der Waals surface area contributed by atoms with Gasteiger partial charge in [-0.3, -0.25) is 0 Å². The van der Waals surface area contributed by atoms with Crippen molar-refractivity contribution in [2.24, 2.45) is 0 Å². The Morgan fingerprint density at radius 3 is 1.75 bits per heavy atom. The van der Waals surface area contributed by atoms with Gasteiger partial charge in [0.1, 0.15) is 0 Å². The third-order valence-electron chi connectivity index (χ3n) is 9.34. The minimum absolute atomic E-state index is 0.513. The highest BCUT2D eigenvalue weighted by molar-refractivity contribution is 6.17. The molecule has 0 unspecified atom stereocenters. The van der Waals surface area contributed by atoms with Crippen LogP contribution < -0.4 is 0 Å². The molecule has 7 aromatic carbocycles. The highest BCUT2D eigenvalue weighted by atomic mass is 15.0. The monoisotopic (exact) mass is 610 g/mol. The summed E-state index contributed by atoms with van der Waals surface area (Å²) in [5, 5.41) is 14.5. The van der Waals surface area contributed by atoms with E-state index in [1.54, 1.807) is 12.1 Å². The number of nitriles is 1. The van der Waals surface area contributed by atoms with Crippen molar-refractivity contribution in [1.29, 1.82) is 5.26 Å². The Bertz CT molecular complexity index is 2790. The molecule has 0 N–H and O–H groups in total. The molecule has 0 saturated carbocycles. The SMILES string of the molecule is [C-]#[N+]c1ccc(C#N)cc1-c1cc(-c2ccc3c(c2)c2ccccc2n3-c2ccccc2)cc2c3ccccc3n(-c3ccccc3)c12. The molecule has 0 aliphatic rings. The standard InChI is InChI=1S/C44H26N4/c1-46-40-22-20-29(28-45)24-36(40)39-27-31(26-38-35-17-9-11-19-42(35)48(44(38)39)33-14-6-3-7-15-33)30-21-23-43-37(25-30)34-16-8-10-18-41(34)47(43)32-12-4-2-5-13-32/h2-27H. The smallest absolute Gasteiger partial charge is 0.195 e. The summed E-state index contributed by atoms with van der Waals surface area (Å²) >= 11 is 0. The lowest BCUT2D eigenvalue weighted by Gasteiger charge is -2.15. The molecule has 0 radical (unpaired) electrons. The minimum Gasteiger partial charge on any atom is -0.309 e. The summed E-state index contributed by atoms with van der Waals surface area (Å²) < 4.78 is 4.61. The summed E-state index contributed by atoms with van der Waals surface area (Å²) in [6.45, 7) is 8.09. The van der Waals surface area contributed by atoms with Gasteiger partial charge in [-0.25, -0.2) is 4.85 Å². The molecule has 4 nitrogen and oxygen atoms in total. The number of rotatable bonds is 4. The van der Waals surface area contributed by atoms with E-state index in [9.17, 15) is 5.26 Å². The van der Waals surface area contributed by atoms with Crippen LogP contribution in [0.5, 0.6) is 0 Å². The van der Waals surface area contributed by atoms with Gasteiger partial charge in [-0.15, -0.1) is 0 Å². The lowest BCUT2D eigenvalue weighted by Crippen LogP contribution is -1.96. The average molecular weight is 611 g/mol. The zero-order valence-corrected chi connectivity index (χ0v) is 25.8. The van der Waals surface area contributed by atoms with Crippen LogP contribution >= 0.6 is 0 Å². The van der Waals surface area contributed by atoms with Crippen LogP contribution in [0.2, 0.25) is 0 Å². The number of aromatic nitrogens is 2. The summed E-state index contributed by atoms with van der Waals surface area (Å²) in [4.78, 5) is 3.92. The molecule has 0 bridgehead atoms. The summed E-state index contributed by atoms with van der Waals surface area (Å²) in [5.74, 6) is 0. The molecule has 0 aliphatic carbocycles. The van der Waals surface area contributed by atoms with E-state index >= 15 is 0 Å². The molecular formula is C44H26N4. The van der Waals surface area contributed by atoms with E-state index in [1.807, 2.05) is 30.3 Å². The summed E-state index contributed by atoms with van der Waals surface area (Å²) in [6.07, 6.45) is 0. The Morgan fingerprint density at radius 2 is 1.06 bits per heavy atom. The fourth-order valence-corrected chi connectivity index (χ4v) is 7.24. The number of para-hydroxylation sites is 4. The predicted molar refractivity (Wildman–Crippen MR) is 197 cm³/mol. The van der Waals surface area contributed by atoms with Gasteiger partial charge in [0.05, 0.1) is 40.3 Å². The van der Waals surface area contributed by atoms with Gasteiger partial charge >= 0.3 is 0 Å². The van der Waals surface area contributed by atoms with E-state index in [0.717, 1.165) is 66.5 Å². The molecule has 0 saturated heterocycles. The lowest BCUT2D eigenvalue weighted by molar-refractivity contribution is 1.18. The van der Waals surface area contributed by atoms with Gasteiger partial charge in [-0.2, -0.15) is 5.26 Å². The molecule has 0 aliphatic heterocycles. The zero-order chi connectivity index (χ0) is 32.2. The normalized spacial score (nSPS) is 11.3. The molecule has 0 spiro atoms. The average Bonchev–Trinajstić information content (AvgIpc) is 3.67. The topological polar surface area (TPSA) is 38.0 Å². The molecule has 2 heterocycles. The molecule has 9 rings (SSSR count). The Labute approximate surface area is 277 Å². The highest BCUT2D eigenvalue weighted by Gasteiger charge is 2.21. The third kappa shape index (κ3) is 4.14. The van der Waals surface area contributed by atoms with Gasteiger partial charge in [0.15, 0.2) is 5.69 Å². The van der Waals surface area contributed by atoms with Crippen LogP contribution in [0.1, 0.15) is 5.56 Å². The quantitative estimate of drug-likeness (QED) is 0.183. The van der Waals surface area contributed by atoms with Gasteiger partial charge in [-0.1, -0.05) is 91.0 Å². The van der Waals surface area contributed by atoms with Crippen LogP contribution in [0.3, 0.4) is 0 Å². The van der Waals surface area contributed by atoms with E-state index in [-0.39, 0.29) is 0 Å². The first kappa shape index (κ1) is 27.4. The maximum atomic E-state index is 9.90. The van der Waals surface area contributed by atoms with Crippen LogP contribution in [-0.2, 0) is 0 Å². The number of hydrogen-bond acceptors (Lipinski definition) is 1. The van der Waals surface area contributed by atoms with E-state index in [0.29, 0.717) is 11.3 Å². The molecule has 4 heteroatoms. The molecule has 2 aromatic heterocycles. The number of benzene rings is 7. The van der Waals surface area contributed by atoms with Crippen molar-refractivity contribution in [1.82, 2.24) is 9.13 Å². The summed E-state index contributed by atoms with van der Waals surface area (Å²) in [7, 11) is 0. The number of hydrogen-bond donors (Lipinski definition) is 0. The van der Waals surface area contributed by atoms with Crippen LogP contribution in [0.25, 0.3) is 82.1 Å². The van der Waals surface area contributed by atoms with Crippen molar-refractivity contribution in [2.45, 2.75) is 0 Å². The molecule has 9 aromatic rings. The van der Waals surface area contributed by atoms with E-state index in [4.69, 9.17) is 6.57 Å². The second-order valence-corrected chi connectivity index (χ2v) is 12.0. The molecule has 0 atom stereocenters. The fourth-order valence-electron chi connectivity index (χ4n) is 7.24. The predicted octanol–water partition coefficient (Wildman–Crippen LogP) is 11.6. The van der Waals surface area contributed by atoms with Crippen LogP contribution in [-0.4, -0.2) is 9.13 Å². The Hall–Kier alpha value is -6.88. The second kappa shape index (κ2) is 10.9. The van der Waals surface area contributed by atoms with Crippen LogP contribution in [0.15, 0.2) is 158 Å². The Morgan fingerprint density at radius 1 is 0.479 bits per heavy atom. The van der Waals surface area contributed by atoms with E-state index in [2.05, 4.69) is 135 Å². The number of fused-ring (bicyclic) bond motifs is 6. The Kier molecular flexibility index (Phi) is 6.22. The van der Waals surface area contributed by atoms with E-state index < -0.39 is 0 Å². The molecule has 48 heavy (non-hydrogen) atoms. The Balaban J connectivity index is 1.39. The van der Waals surface area contributed by atoms with Crippen molar-refractivity contribution < 1.29 is 0 Å². The summed E-state index contributed by atoms with van der Waals surface area (Å²) in [6, 6.07) is 56.7. The lowest BCUT2D eigenvalue weighted by atomic mass is 9.93. The van der Waals surface area contributed by atoms with Gasteiger partial charge in [0, 0.05) is 32.9 Å². The largest absolute Gasteiger partial charge is 0.309 e. The molecule has 0 fully saturated rings.